The molecule has 1 aromatic heterocycles. The SMILES string of the molecule is Cc1cnc(N)[nH+]c1. The van der Waals surface area contributed by atoms with E-state index in [1.165, 1.54) is 0 Å². The highest BCUT2D eigenvalue weighted by Gasteiger charge is 1.90. The maximum atomic E-state index is 5.26. The van der Waals surface area contributed by atoms with Crippen molar-refractivity contribution in [1.82, 2.24) is 4.98 Å². The van der Waals surface area contributed by atoms with Crippen LogP contribution in [0, 0.1) is 6.92 Å². The molecule has 1 rings (SSSR count). The van der Waals surface area contributed by atoms with Crippen molar-refractivity contribution >= 4 is 5.95 Å². The summed E-state index contributed by atoms with van der Waals surface area (Å²) in [6.07, 6.45) is 3.52. The summed E-state index contributed by atoms with van der Waals surface area (Å²) in [4.78, 5) is 6.57. The van der Waals surface area contributed by atoms with E-state index in [0.29, 0.717) is 5.95 Å². The fraction of sp³-hybridized carbons (Fsp3) is 0.200. The largest absolute Gasteiger partial charge is 0.386 e. The quantitative estimate of drug-likeness (QED) is 0.502. The van der Waals surface area contributed by atoms with Gasteiger partial charge in [-0.15, -0.1) is 0 Å². The Bertz CT molecular complexity index is 147. The van der Waals surface area contributed by atoms with E-state index in [1.807, 2.05) is 13.1 Å². The molecule has 0 aliphatic heterocycles. The molecule has 0 atom stereocenters. The predicted molar refractivity (Wildman–Crippen MR) is 29.9 cm³/mol. The Balaban J connectivity index is 3.03. The van der Waals surface area contributed by atoms with Gasteiger partial charge in [-0.25, -0.2) is 4.98 Å². The molecule has 1 heterocycles. The van der Waals surface area contributed by atoms with Gasteiger partial charge in [-0.05, 0) is 6.92 Å². The third-order valence-electron chi connectivity index (χ3n) is 0.855. The zero-order valence-corrected chi connectivity index (χ0v) is 4.68. The summed E-state index contributed by atoms with van der Waals surface area (Å²) in [5.41, 5.74) is 6.34. The highest BCUT2D eigenvalue weighted by atomic mass is 15.0. The van der Waals surface area contributed by atoms with Crippen LogP contribution in [0.5, 0.6) is 0 Å². The number of hydrogen-bond acceptors (Lipinski definition) is 2. The molecule has 8 heavy (non-hydrogen) atoms. The first-order valence-electron chi connectivity index (χ1n) is 2.39. The summed E-state index contributed by atoms with van der Waals surface area (Å²) in [6.45, 7) is 1.95. The molecule has 0 aliphatic rings. The van der Waals surface area contributed by atoms with Crippen LogP contribution in [0.3, 0.4) is 0 Å². The minimum atomic E-state index is 0.454. The van der Waals surface area contributed by atoms with Crippen molar-refractivity contribution in [3.63, 3.8) is 0 Å². The van der Waals surface area contributed by atoms with Crippen LogP contribution in [-0.2, 0) is 0 Å². The lowest BCUT2D eigenvalue weighted by atomic mass is 10.4. The molecule has 0 aromatic carbocycles. The Morgan fingerprint density at radius 1 is 1.75 bits per heavy atom. The minimum absolute atomic E-state index is 0.454. The van der Waals surface area contributed by atoms with Gasteiger partial charge in [0, 0.05) is 5.56 Å². The van der Waals surface area contributed by atoms with E-state index in [9.17, 15) is 0 Å². The summed E-state index contributed by atoms with van der Waals surface area (Å²) >= 11 is 0. The van der Waals surface area contributed by atoms with E-state index in [0.717, 1.165) is 5.56 Å². The molecular formula is C5H8N3+. The van der Waals surface area contributed by atoms with E-state index in [4.69, 9.17) is 5.73 Å². The third-order valence-corrected chi connectivity index (χ3v) is 0.855. The van der Waals surface area contributed by atoms with Crippen molar-refractivity contribution in [3.8, 4) is 0 Å². The zero-order chi connectivity index (χ0) is 5.98. The molecule has 0 spiro atoms. The van der Waals surface area contributed by atoms with E-state index < -0.39 is 0 Å². The average Bonchev–Trinajstić information content (AvgIpc) is 1.77. The average molecular weight is 110 g/mol. The normalized spacial score (nSPS) is 9.12. The molecule has 0 saturated carbocycles. The topological polar surface area (TPSA) is 53.0 Å². The fourth-order valence-electron chi connectivity index (χ4n) is 0.434. The molecule has 0 fully saturated rings. The number of nitrogens with one attached hydrogen (secondary N) is 1. The summed E-state index contributed by atoms with van der Waals surface area (Å²) in [5.74, 6) is 0.454. The third kappa shape index (κ3) is 0.932. The summed E-state index contributed by atoms with van der Waals surface area (Å²) in [6, 6.07) is 0. The van der Waals surface area contributed by atoms with Crippen LogP contribution in [0.1, 0.15) is 5.56 Å². The molecule has 3 nitrogen and oxygen atoms in total. The monoisotopic (exact) mass is 110 g/mol. The molecule has 0 bridgehead atoms. The number of rotatable bonds is 0. The Morgan fingerprint density at radius 2 is 2.50 bits per heavy atom. The van der Waals surface area contributed by atoms with Gasteiger partial charge in [-0.2, -0.15) is 0 Å². The van der Waals surface area contributed by atoms with Gasteiger partial charge in [0.25, 0.3) is 0 Å². The van der Waals surface area contributed by atoms with Crippen molar-refractivity contribution in [3.05, 3.63) is 18.0 Å². The van der Waals surface area contributed by atoms with Gasteiger partial charge in [0.05, 0.1) is 6.20 Å². The molecule has 0 unspecified atom stereocenters. The first kappa shape index (κ1) is 5.03. The van der Waals surface area contributed by atoms with E-state index >= 15 is 0 Å². The van der Waals surface area contributed by atoms with Crippen molar-refractivity contribution in [2.75, 3.05) is 5.73 Å². The predicted octanol–water partition coefficient (Wildman–Crippen LogP) is -0.214. The zero-order valence-electron chi connectivity index (χ0n) is 4.68. The molecule has 3 heteroatoms. The Labute approximate surface area is 47.6 Å². The van der Waals surface area contributed by atoms with Gasteiger partial charge < -0.3 is 0 Å². The van der Waals surface area contributed by atoms with Gasteiger partial charge in [-0.3, -0.25) is 5.73 Å². The molecule has 3 N–H and O–H groups in total. The smallest absolute Gasteiger partial charge is 0.287 e. The number of anilines is 1. The van der Waals surface area contributed by atoms with Crippen LogP contribution < -0.4 is 10.7 Å². The van der Waals surface area contributed by atoms with Crippen LogP contribution in [0.25, 0.3) is 0 Å². The number of nitrogens with two attached hydrogens (primary N) is 1. The van der Waals surface area contributed by atoms with Gasteiger partial charge in [-0.1, -0.05) is 4.98 Å². The number of nitrogens with zero attached hydrogens (tertiary/aromatic N) is 1. The molecule has 0 amide bonds. The van der Waals surface area contributed by atoms with E-state index in [1.54, 1.807) is 6.20 Å². The maximum absolute atomic E-state index is 5.26. The van der Waals surface area contributed by atoms with E-state index in [2.05, 4.69) is 9.97 Å². The van der Waals surface area contributed by atoms with Crippen molar-refractivity contribution in [2.24, 2.45) is 0 Å². The maximum Gasteiger partial charge on any atom is 0.386 e. The van der Waals surface area contributed by atoms with Crippen LogP contribution >= 0.6 is 0 Å². The first-order valence-corrected chi connectivity index (χ1v) is 2.39. The molecule has 0 aliphatic carbocycles. The van der Waals surface area contributed by atoms with Crippen LogP contribution in [-0.4, -0.2) is 4.98 Å². The van der Waals surface area contributed by atoms with Crippen LogP contribution in [0.4, 0.5) is 5.95 Å². The van der Waals surface area contributed by atoms with Crippen molar-refractivity contribution in [2.45, 2.75) is 6.92 Å². The second-order valence-corrected chi connectivity index (χ2v) is 1.68. The number of aromatic nitrogens is 2. The number of aromatic amines is 1. The van der Waals surface area contributed by atoms with E-state index in [-0.39, 0.29) is 0 Å². The van der Waals surface area contributed by atoms with Crippen molar-refractivity contribution < 1.29 is 4.98 Å². The molecule has 42 valence electrons. The lowest BCUT2D eigenvalue weighted by Gasteiger charge is -1.81. The fourth-order valence-corrected chi connectivity index (χ4v) is 0.434. The summed E-state index contributed by atoms with van der Waals surface area (Å²) < 4.78 is 0. The summed E-state index contributed by atoms with van der Waals surface area (Å²) in [5, 5.41) is 0. The van der Waals surface area contributed by atoms with Gasteiger partial charge in [0.2, 0.25) is 0 Å². The lowest BCUT2D eigenvalue weighted by molar-refractivity contribution is -0.365. The highest BCUT2D eigenvalue weighted by molar-refractivity contribution is 5.06. The number of nitrogen functional groups attached to an aromatic ring is 1. The van der Waals surface area contributed by atoms with Gasteiger partial charge in [0.15, 0.2) is 0 Å². The first-order chi connectivity index (χ1) is 3.79. The van der Waals surface area contributed by atoms with Crippen molar-refractivity contribution in [1.29, 1.82) is 0 Å². The molecule has 1 aromatic rings. The minimum Gasteiger partial charge on any atom is -0.287 e. The number of H-pyrrole nitrogens is 1. The van der Waals surface area contributed by atoms with Crippen LogP contribution in [0.2, 0.25) is 0 Å². The molecule has 0 saturated heterocycles. The second kappa shape index (κ2) is 1.78. The van der Waals surface area contributed by atoms with Crippen LogP contribution in [0.15, 0.2) is 12.4 Å². The second-order valence-electron chi connectivity index (χ2n) is 1.68. The Hall–Kier alpha value is -1.12. The molecule has 0 radical (unpaired) electrons. The lowest BCUT2D eigenvalue weighted by Crippen LogP contribution is -2.11. The van der Waals surface area contributed by atoms with Gasteiger partial charge >= 0.3 is 5.95 Å². The molecular weight excluding hydrogens is 102 g/mol. The Kier molecular flexibility index (Phi) is 1.12. The standard InChI is InChI=1S/C5H7N3/c1-4-2-7-5(6)8-3-4/h2-3H,1H3,(H2,6,7,8)/p+1. The number of hydrogen-bond donors (Lipinski definition) is 1. The number of aryl methyl sites for hydroxylation is 1. The highest BCUT2D eigenvalue weighted by Crippen LogP contribution is 1.86. The Morgan fingerprint density at radius 3 is 2.88 bits per heavy atom. The van der Waals surface area contributed by atoms with Gasteiger partial charge in [0.1, 0.15) is 6.20 Å². The summed E-state index contributed by atoms with van der Waals surface area (Å²) in [7, 11) is 0.